The van der Waals surface area contributed by atoms with Crippen LogP contribution in [0.5, 0.6) is 0 Å². The van der Waals surface area contributed by atoms with E-state index in [0.29, 0.717) is 5.58 Å². The molecule has 0 aliphatic heterocycles. The molecule has 9 rings (SSSR count). The number of hydrogen-bond donors (Lipinski definition) is 0. The summed E-state index contributed by atoms with van der Waals surface area (Å²) in [4.78, 5) is 9.40. The summed E-state index contributed by atoms with van der Waals surface area (Å²) in [6.45, 7) is 5.92. The third-order valence-corrected chi connectivity index (χ3v) is 9.17. The van der Waals surface area contributed by atoms with Crippen LogP contribution in [0.25, 0.3) is 72.6 Å². The van der Waals surface area contributed by atoms with Gasteiger partial charge in [0.1, 0.15) is 0 Å². The van der Waals surface area contributed by atoms with Gasteiger partial charge in [-0.3, -0.25) is 4.98 Å². The number of aryl methyl sites for hydroxylation is 1. The number of para-hydroxylation sites is 2. The van der Waals surface area contributed by atoms with Crippen LogP contribution in [-0.4, -0.2) is 14.5 Å². The zero-order chi connectivity index (χ0) is 36.4. The van der Waals surface area contributed by atoms with E-state index in [4.69, 9.17) is 10.8 Å². The number of benzene rings is 6. The van der Waals surface area contributed by atoms with E-state index in [-0.39, 0.29) is 20.1 Å². The first kappa shape index (κ1) is 34.2. The maximum absolute atomic E-state index is 8.50. The first-order chi connectivity index (χ1) is 25.8. The summed E-state index contributed by atoms with van der Waals surface area (Å²) in [5.41, 5.74) is 13.1. The van der Waals surface area contributed by atoms with Gasteiger partial charge in [-0.05, 0) is 65.5 Å². The second-order valence-electron chi connectivity index (χ2n) is 13.0. The molecule has 0 saturated heterocycles. The fourth-order valence-electron chi connectivity index (χ4n) is 6.64. The minimum atomic E-state index is -0.731. The van der Waals surface area contributed by atoms with Gasteiger partial charge in [0.15, 0.2) is 0 Å². The molecule has 3 aromatic heterocycles. The van der Waals surface area contributed by atoms with Gasteiger partial charge in [-0.15, -0.1) is 42.0 Å². The van der Waals surface area contributed by atoms with Crippen LogP contribution in [0.4, 0.5) is 0 Å². The molecule has 0 aliphatic carbocycles. The van der Waals surface area contributed by atoms with Gasteiger partial charge in [0.25, 0.3) is 0 Å². The minimum Gasteiger partial charge on any atom is -0.557 e. The van der Waals surface area contributed by atoms with Crippen molar-refractivity contribution >= 4 is 22.0 Å². The fourth-order valence-corrected chi connectivity index (χ4v) is 6.64. The average molecular weight is 865 g/mol. The van der Waals surface area contributed by atoms with Crippen LogP contribution in [-0.2, 0) is 20.1 Å². The number of fused-ring (bicyclic) bond motifs is 2. The molecule has 0 amide bonds. The Morgan fingerprint density at radius 3 is 2.02 bits per heavy atom. The fraction of sp³-hybridized carbons (Fsp3) is 0.0833. The first-order valence-corrected chi connectivity index (χ1v) is 17.4. The molecule has 0 unspecified atom stereocenters. The molecular weight excluding hydrogens is 827 g/mol. The normalized spacial score (nSPS) is 11.4. The van der Waals surface area contributed by atoms with Crippen LogP contribution in [0.15, 0.2) is 168 Å². The van der Waals surface area contributed by atoms with E-state index in [1.807, 2.05) is 92.7 Å². The number of pyridine rings is 1. The van der Waals surface area contributed by atoms with E-state index in [2.05, 4.69) is 108 Å². The van der Waals surface area contributed by atoms with Crippen LogP contribution in [0.3, 0.4) is 0 Å². The van der Waals surface area contributed by atoms with Gasteiger partial charge in [-0.25, -0.2) is 0 Å². The number of rotatable bonds is 6. The van der Waals surface area contributed by atoms with Crippen LogP contribution in [0, 0.1) is 19.3 Å². The number of imidazole rings is 1. The Kier molecular flexibility index (Phi) is 10.2. The van der Waals surface area contributed by atoms with Crippen molar-refractivity contribution in [2.24, 2.45) is 0 Å². The van der Waals surface area contributed by atoms with Gasteiger partial charge in [-0.1, -0.05) is 127 Å². The predicted octanol–water partition coefficient (Wildman–Crippen LogP) is 12.6. The Bertz CT molecular complexity index is 2550. The van der Waals surface area contributed by atoms with Crippen LogP contribution in [0.1, 0.15) is 32.2 Å². The zero-order valence-corrected chi connectivity index (χ0v) is 32.1. The molecule has 0 N–H and O–H groups in total. The van der Waals surface area contributed by atoms with E-state index in [0.717, 1.165) is 72.6 Å². The molecule has 261 valence electrons. The second kappa shape index (κ2) is 15.8. The van der Waals surface area contributed by atoms with Gasteiger partial charge in [0.2, 0.25) is 0 Å². The molecule has 0 spiro atoms. The molecule has 5 heteroatoms. The molecule has 0 bridgehead atoms. The van der Waals surface area contributed by atoms with Crippen LogP contribution < -0.4 is 0 Å². The maximum Gasteiger partial charge on any atom is 0.0774 e. The van der Waals surface area contributed by atoms with E-state index in [1.54, 1.807) is 6.20 Å². The predicted molar refractivity (Wildman–Crippen MR) is 213 cm³/mol. The standard InChI is InChI=1S/C37H29N2O.C11H8N.Ir/c1-24(2)28-18-19-29-32(23-40-35(29)22-28)37-38-33-16-10-11-17-34(33)39(37)36-30(26-12-6-4-7-13-26)20-25(3)21-31(36)27-14-8-5-9-15-27;1-2-6-10(7-3-1)11-8-4-5-9-12-11;/h4-22,24H,1-3H3;1-6,8-9H;/q2*-1;/i24D;;. The van der Waals surface area contributed by atoms with Gasteiger partial charge >= 0.3 is 0 Å². The summed E-state index contributed by atoms with van der Waals surface area (Å²) in [5.74, 6) is 0.0341. The number of nitrogens with zero attached hydrogens (tertiary/aromatic N) is 3. The molecule has 1 radical (unpaired) electrons. The smallest absolute Gasteiger partial charge is 0.0774 e. The van der Waals surface area contributed by atoms with E-state index in [1.165, 1.54) is 5.56 Å². The van der Waals surface area contributed by atoms with Crippen molar-refractivity contribution < 1.29 is 25.9 Å². The largest absolute Gasteiger partial charge is 0.557 e. The quantitative estimate of drug-likeness (QED) is 0.156. The Hall–Kier alpha value is -5.87. The number of aromatic nitrogens is 3. The van der Waals surface area contributed by atoms with E-state index < -0.39 is 5.89 Å². The Morgan fingerprint density at radius 1 is 0.717 bits per heavy atom. The van der Waals surface area contributed by atoms with E-state index in [9.17, 15) is 0 Å². The van der Waals surface area contributed by atoms with Gasteiger partial charge in [0, 0.05) is 50.6 Å². The monoisotopic (exact) mass is 865 g/mol. The van der Waals surface area contributed by atoms with Gasteiger partial charge in [0.05, 0.1) is 22.5 Å². The van der Waals surface area contributed by atoms with Crippen molar-refractivity contribution in [1.82, 2.24) is 14.5 Å². The molecule has 0 atom stereocenters. The summed E-state index contributed by atoms with van der Waals surface area (Å²) in [7, 11) is 0. The summed E-state index contributed by atoms with van der Waals surface area (Å²) in [6, 6.07) is 56.7. The van der Waals surface area contributed by atoms with Crippen molar-refractivity contribution in [3.8, 4) is 50.6 Å². The topological polar surface area (TPSA) is 43.9 Å². The number of hydrogen-bond acceptors (Lipinski definition) is 3. The molecule has 0 saturated carbocycles. The number of furan rings is 1. The van der Waals surface area contributed by atoms with Crippen LogP contribution >= 0.6 is 0 Å². The average Bonchev–Trinajstić information content (AvgIpc) is 3.80. The van der Waals surface area contributed by atoms with Crippen molar-refractivity contribution in [2.75, 3.05) is 0 Å². The molecule has 4 nitrogen and oxygen atoms in total. The Labute approximate surface area is 325 Å². The van der Waals surface area contributed by atoms with Crippen molar-refractivity contribution in [2.45, 2.75) is 26.7 Å². The molecule has 3 heterocycles. The Morgan fingerprint density at radius 2 is 1.38 bits per heavy atom. The first-order valence-electron chi connectivity index (χ1n) is 17.9. The summed E-state index contributed by atoms with van der Waals surface area (Å²) >= 11 is 0. The van der Waals surface area contributed by atoms with Gasteiger partial charge in [-0.2, -0.15) is 0 Å². The van der Waals surface area contributed by atoms with Crippen molar-refractivity contribution in [3.63, 3.8) is 0 Å². The SMILES string of the molecule is [2H]C(C)(C)c1ccc2c(-c3nc4ccccc4n3-c3c(-c4ccccc4)cc(C)cc3-c3ccccc3)[c-]oc2c1.[Ir].[c-]1ccccc1-c1ccccn1. The third-order valence-electron chi connectivity index (χ3n) is 9.17. The molecule has 6 aromatic carbocycles. The minimum absolute atomic E-state index is 0. The summed E-state index contributed by atoms with van der Waals surface area (Å²) < 4.78 is 16.8. The summed E-state index contributed by atoms with van der Waals surface area (Å²) in [6.07, 6.45) is 4.98. The molecule has 9 aromatic rings. The van der Waals surface area contributed by atoms with Gasteiger partial charge < -0.3 is 14.0 Å². The molecule has 0 fully saturated rings. The Balaban J connectivity index is 0.000000294. The van der Waals surface area contributed by atoms with Crippen LogP contribution in [0.2, 0.25) is 0 Å². The zero-order valence-electron chi connectivity index (χ0n) is 30.7. The maximum atomic E-state index is 8.50. The van der Waals surface area contributed by atoms with Crippen molar-refractivity contribution in [1.29, 1.82) is 0 Å². The molecule has 53 heavy (non-hydrogen) atoms. The second-order valence-corrected chi connectivity index (χ2v) is 13.0. The molecule has 0 aliphatic rings. The summed E-state index contributed by atoms with van der Waals surface area (Å²) in [5, 5.41) is 0.921. The molecular formula is C48H37IrN3O-2. The van der Waals surface area contributed by atoms with E-state index >= 15 is 0 Å². The van der Waals surface area contributed by atoms with Crippen molar-refractivity contribution in [3.05, 3.63) is 187 Å². The third kappa shape index (κ3) is 7.27.